The van der Waals surface area contributed by atoms with E-state index in [2.05, 4.69) is 15.8 Å². The summed E-state index contributed by atoms with van der Waals surface area (Å²) in [6.45, 7) is 0. The summed E-state index contributed by atoms with van der Waals surface area (Å²) < 4.78 is 18.1. The van der Waals surface area contributed by atoms with E-state index in [1.807, 2.05) is 0 Å². The number of amides is 2. The lowest BCUT2D eigenvalue weighted by Crippen LogP contribution is -2.32. The van der Waals surface area contributed by atoms with Crippen LogP contribution in [-0.2, 0) is 9.59 Å². The van der Waals surface area contributed by atoms with E-state index in [1.165, 1.54) is 19.2 Å². The van der Waals surface area contributed by atoms with Crippen molar-refractivity contribution in [2.45, 2.75) is 12.8 Å². The summed E-state index contributed by atoms with van der Waals surface area (Å²) in [5.41, 5.74) is 2.62. The number of halogens is 1. The molecule has 0 fully saturated rings. The van der Waals surface area contributed by atoms with E-state index in [-0.39, 0.29) is 30.1 Å². The van der Waals surface area contributed by atoms with Gasteiger partial charge in [0.25, 0.3) is 5.91 Å². The van der Waals surface area contributed by atoms with Gasteiger partial charge in [0.15, 0.2) is 0 Å². The maximum Gasteiger partial charge on any atom is 0.271 e. The predicted molar refractivity (Wildman–Crippen MR) is 66.4 cm³/mol. The van der Waals surface area contributed by atoms with Crippen molar-refractivity contribution in [1.82, 2.24) is 5.43 Å². The second-order valence-corrected chi connectivity index (χ2v) is 3.89. The number of ether oxygens (including phenoxy) is 1. The Labute approximate surface area is 108 Å². The quantitative estimate of drug-likeness (QED) is 0.856. The highest BCUT2D eigenvalue weighted by Crippen LogP contribution is 2.25. The summed E-state index contributed by atoms with van der Waals surface area (Å²) in [6.07, 6.45) is 0.446. The molecule has 0 saturated heterocycles. The minimum absolute atomic E-state index is 0.186. The van der Waals surface area contributed by atoms with E-state index in [4.69, 9.17) is 4.74 Å². The van der Waals surface area contributed by atoms with E-state index in [0.29, 0.717) is 5.75 Å². The first kappa shape index (κ1) is 13.0. The molecule has 0 atom stereocenters. The van der Waals surface area contributed by atoms with Gasteiger partial charge in [-0.2, -0.15) is 5.10 Å². The fourth-order valence-corrected chi connectivity index (χ4v) is 1.61. The second-order valence-electron chi connectivity index (χ2n) is 3.89. The molecule has 0 aromatic heterocycles. The molecule has 1 aliphatic heterocycles. The SMILES string of the molecule is COc1ccc(F)cc1NC(=O)C1=NNC(=O)CC1. The van der Waals surface area contributed by atoms with Crippen LogP contribution in [0.3, 0.4) is 0 Å². The average Bonchev–Trinajstić information content (AvgIpc) is 2.39. The van der Waals surface area contributed by atoms with Crippen LogP contribution in [0.15, 0.2) is 23.3 Å². The number of benzene rings is 1. The lowest BCUT2D eigenvalue weighted by Gasteiger charge is -2.13. The molecule has 1 aromatic rings. The molecular formula is C12H12FN3O3. The molecule has 2 amide bonds. The van der Waals surface area contributed by atoms with Crippen molar-refractivity contribution in [2.75, 3.05) is 12.4 Å². The molecule has 0 aliphatic carbocycles. The van der Waals surface area contributed by atoms with Gasteiger partial charge in [0.1, 0.15) is 17.3 Å². The molecule has 1 aliphatic rings. The van der Waals surface area contributed by atoms with Crippen LogP contribution < -0.4 is 15.5 Å². The van der Waals surface area contributed by atoms with Crippen molar-refractivity contribution < 1.29 is 18.7 Å². The topological polar surface area (TPSA) is 79.8 Å². The lowest BCUT2D eigenvalue weighted by atomic mass is 10.1. The Morgan fingerprint density at radius 2 is 2.26 bits per heavy atom. The van der Waals surface area contributed by atoms with Crippen LogP contribution in [-0.4, -0.2) is 24.6 Å². The number of carbonyl (C=O) groups is 2. The lowest BCUT2D eigenvalue weighted by molar-refractivity contribution is -0.121. The fourth-order valence-electron chi connectivity index (χ4n) is 1.61. The number of carbonyl (C=O) groups excluding carboxylic acids is 2. The number of hydrazone groups is 1. The summed E-state index contributed by atoms with van der Waals surface area (Å²) in [5, 5.41) is 6.16. The monoisotopic (exact) mass is 265 g/mol. The molecule has 0 spiro atoms. The summed E-state index contributed by atoms with van der Waals surface area (Å²) in [4.78, 5) is 22.8. The van der Waals surface area contributed by atoms with Crippen LogP contribution in [0.2, 0.25) is 0 Å². The van der Waals surface area contributed by atoms with E-state index in [1.54, 1.807) is 0 Å². The van der Waals surface area contributed by atoms with Crippen molar-refractivity contribution in [2.24, 2.45) is 5.10 Å². The summed E-state index contributed by atoms with van der Waals surface area (Å²) in [6, 6.07) is 3.79. The van der Waals surface area contributed by atoms with E-state index in [9.17, 15) is 14.0 Å². The molecule has 0 unspecified atom stereocenters. The molecule has 19 heavy (non-hydrogen) atoms. The zero-order valence-electron chi connectivity index (χ0n) is 10.2. The van der Waals surface area contributed by atoms with E-state index in [0.717, 1.165) is 6.07 Å². The predicted octanol–water partition coefficient (Wildman–Crippen LogP) is 1.04. The number of nitrogens with zero attached hydrogens (tertiary/aromatic N) is 1. The number of hydrogen-bond donors (Lipinski definition) is 2. The third-order valence-electron chi connectivity index (χ3n) is 2.58. The zero-order valence-corrected chi connectivity index (χ0v) is 10.2. The van der Waals surface area contributed by atoms with Crippen molar-refractivity contribution in [3.63, 3.8) is 0 Å². The van der Waals surface area contributed by atoms with Gasteiger partial charge in [-0.15, -0.1) is 0 Å². The maximum atomic E-state index is 13.1. The van der Waals surface area contributed by atoms with Crippen LogP contribution in [0.25, 0.3) is 0 Å². The Hall–Kier alpha value is -2.44. The van der Waals surface area contributed by atoms with Crippen molar-refractivity contribution in [1.29, 1.82) is 0 Å². The Balaban J connectivity index is 2.15. The maximum absolute atomic E-state index is 13.1. The Kier molecular flexibility index (Phi) is 3.74. The highest BCUT2D eigenvalue weighted by molar-refractivity contribution is 6.43. The number of rotatable bonds is 3. The van der Waals surface area contributed by atoms with Crippen LogP contribution in [0.4, 0.5) is 10.1 Å². The molecular weight excluding hydrogens is 253 g/mol. The number of methoxy groups -OCH3 is 1. The highest BCUT2D eigenvalue weighted by Gasteiger charge is 2.19. The summed E-state index contributed by atoms with van der Waals surface area (Å²) >= 11 is 0. The largest absolute Gasteiger partial charge is 0.495 e. The van der Waals surface area contributed by atoms with Crippen molar-refractivity contribution in [3.05, 3.63) is 24.0 Å². The van der Waals surface area contributed by atoms with Gasteiger partial charge >= 0.3 is 0 Å². The van der Waals surface area contributed by atoms with Gasteiger partial charge in [-0.3, -0.25) is 9.59 Å². The van der Waals surface area contributed by atoms with Crippen LogP contribution in [0.5, 0.6) is 5.75 Å². The minimum atomic E-state index is -0.496. The average molecular weight is 265 g/mol. The summed E-state index contributed by atoms with van der Waals surface area (Å²) in [7, 11) is 1.42. The fraction of sp³-hybridized carbons (Fsp3) is 0.250. The number of anilines is 1. The van der Waals surface area contributed by atoms with Gasteiger partial charge < -0.3 is 10.1 Å². The van der Waals surface area contributed by atoms with Gasteiger partial charge in [-0.05, 0) is 12.1 Å². The van der Waals surface area contributed by atoms with Gasteiger partial charge in [0.05, 0.1) is 12.8 Å². The molecule has 2 N–H and O–H groups in total. The molecule has 2 rings (SSSR count). The Morgan fingerprint density at radius 3 is 2.89 bits per heavy atom. The third kappa shape index (κ3) is 3.06. The van der Waals surface area contributed by atoms with E-state index < -0.39 is 11.7 Å². The molecule has 100 valence electrons. The molecule has 7 heteroatoms. The highest BCUT2D eigenvalue weighted by atomic mass is 19.1. The van der Waals surface area contributed by atoms with Crippen LogP contribution >= 0.6 is 0 Å². The second kappa shape index (κ2) is 5.47. The van der Waals surface area contributed by atoms with E-state index >= 15 is 0 Å². The minimum Gasteiger partial charge on any atom is -0.495 e. The molecule has 0 saturated carbocycles. The molecule has 0 radical (unpaired) electrons. The molecule has 1 heterocycles. The number of hydrogen-bond acceptors (Lipinski definition) is 4. The smallest absolute Gasteiger partial charge is 0.271 e. The number of nitrogens with one attached hydrogen (secondary N) is 2. The zero-order chi connectivity index (χ0) is 13.8. The normalized spacial score (nSPS) is 14.4. The van der Waals surface area contributed by atoms with Crippen molar-refractivity contribution in [3.8, 4) is 5.75 Å². The first-order chi connectivity index (χ1) is 9.10. The Bertz CT molecular complexity index is 557. The first-order valence-electron chi connectivity index (χ1n) is 5.60. The van der Waals surface area contributed by atoms with Gasteiger partial charge in [-0.25, -0.2) is 9.82 Å². The van der Waals surface area contributed by atoms with Gasteiger partial charge in [-0.1, -0.05) is 0 Å². The van der Waals surface area contributed by atoms with Crippen LogP contribution in [0, 0.1) is 5.82 Å². The summed E-state index contributed by atoms with van der Waals surface area (Å²) in [5.74, 6) is -0.881. The van der Waals surface area contributed by atoms with Gasteiger partial charge in [0.2, 0.25) is 5.91 Å². The molecule has 1 aromatic carbocycles. The van der Waals surface area contributed by atoms with Crippen LogP contribution in [0.1, 0.15) is 12.8 Å². The standard InChI is InChI=1S/C12H12FN3O3/c1-19-10-4-2-7(13)6-9(10)14-12(18)8-3-5-11(17)16-15-8/h2,4,6H,3,5H2,1H3,(H,14,18)(H,16,17). The Morgan fingerprint density at radius 1 is 1.47 bits per heavy atom. The molecule has 6 nitrogen and oxygen atoms in total. The third-order valence-corrected chi connectivity index (χ3v) is 2.58. The first-order valence-corrected chi connectivity index (χ1v) is 5.60. The van der Waals surface area contributed by atoms with Gasteiger partial charge in [0, 0.05) is 18.9 Å². The molecule has 0 bridgehead atoms. The van der Waals surface area contributed by atoms with Crippen molar-refractivity contribution >= 4 is 23.2 Å².